The number of hydrogen-bond donors (Lipinski definition) is 2. The van der Waals surface area contributed by atoms with E-state index in [0.717, 1.165) is 19.3 Å². The van der Waals surface area contributed by atoms with Crippen LogP contribution in [0.1, 0.15) is 39.0 Å². The summed E-state index contributed by atoms with van der Waals surface area (Å²) in [6.45, 7) is 2.67. The molecule has 4 nitrogen and oxygen atoms in total. The summed E-state index contributed by atoms with van der Waals surface area (Å²) in [6.07, 6.45) is 4.46. The Hall–Kier alpha value is -1.06. The molecule has 0 aromatic carbocycles. The Bertz CT molecular complexity index is 280. The lowest BCUT2D eigenvalue weighted by Crippen LogP contribution is -2.43. The van der Waals surface area contributed by atoms with Crippen LogP contribution in [0.2, 0.25) is 0 Å². The molecule has 0 atom stereocenters. The standard InChI is InChI=1S/C11H18N2O2/c1-2-7-12-9(14)11(5-6-11)10(15)13-8-3-4-8/h8H,2-7H2,1H3,(H,12,14)(H,13,15). The summed E-state index contributed by atoms with van der Waals surface area (Å²) < 4.78 is 0. The zero-order chi connectivity index (χ0) is 10.9. The minimum Gasteiger partial charge on any atom is -0.355 e. The van der Waals surface area contributed by atoms with E-state index in [0.29, 0.717) is 25.4 Å². The Morgan fingerprint density at radius 3 is 2.40 bits per heavy atom. The van der Waals surface area contributed by atoms with Crippen molar-refractivity contribution in [3.63, 3.8) is 0 Å². The van der Waals surface area contributed by atoms with Crippen molar-refractivity contribution in [3.8, 4) is 0 Å². The van der Waals surface area contributed by atoms with Gasteiger partial charge in [-0.2, -0.15) is 0 Å². The average Bonchev–Trinajstić information content (AvgIpc) is 3.05. The molecule has 2 saturated carbocycles. The maximum atomic E-state index is 11.8. The van der Waals surface area contributed by atoms with Crippen LogP contribution in [-0.2, 0) is 9.59 Å². The minimum absolute atomic E-state index is 0.0568. The maximum absolute atomic E-state index is 11.8. The third kappa shape index (κ3) is 2.13. The number of amides is 2. The van der Waals surface area contributed by atoms with E-state index >= 15 is 0 Å². The van der Waals surface area contributed by atoms with Crippen LogP contribution < -0.4 is 10.6 Å². The van der Waals surface area contributed by atoms with Gasteiger partial charge in [0, 0.05) is 12.6 Å². The fraction of sp³-hybridized carbons (Fsp3) is 0.818. The van der Waals surface area contributed by atoms with E-state index in [1.165, 1.54) is 0 Å². The molecule has 2 amide bonds. The highest BCUT2D eigenvalue weighted by Gasteiger charge is 2.56. The smallest absolute Gasteiger partial charge is 0.235 e. The van der Waals surface area contributed by atoms with Gasteiger partial charge in [-0.15, -0.1) is 0 Å². The van der Waals surface area contributed by atoms with E-state index in [9.17, 15) is 9.59 Å². The molecule has 0 unspecified atom stereocenters. The molecular formula is C11H18N2O2. The fourth-order valence-electron chi connectivity index (χ4n) is 1.64. The Labute approximate surface area is 89.8 Å². The summed E-state index contributed by atoms with van der Waals surface area (Å²) >= 11 is 0. The van der Waals surface area contributed by atoms with Gasteiger partial charge in [-0.1, -0.05) is 6.92 Å². The number of carbonyl (C=O) groups excluding carboxylic acids is 2. The molecule has 2 N–H and O–H groups in total. The second kappa shape index (κ2) is 3.83. The Morgan fingerprint density at radius 2 is 1.93 bits per heavy atom. The number of carbonyl (C=O) groups is 2. The van der Waals surface area contributed by atoms with Crippen molar-refractivity contribution >= 4 is 11.8 Å². The van der Waals surface area contributed by atoms with E-state index in [-0.39, 0.29) is 11.8 Å². The van der Waals surface area contributed by atoms with Gasteiger partial charge in [0.05, 0.1) is 0 Å². The molecule has 2 aliphatic carbocycles. The van der Waals surface area contributed by atoms with Gasteiger partial charge in [0.1, 0.15) is 5.41 Å². The van der Waals surface area contributed by atoms with Crippen molar-refractivity contribution < 1.29 is 9.59 Å². The largest absolute Gasteiger partial charge is 0.355 e. The average molecular weight is 210 g/mol. The van der Waals surface area contributed by atoms with E-state index < -0.39 is 5.41 Å². The molecule has 4 heteroatoms. The van der Waals surface area contributed by atoms with Crippen molar-refractivity contribution in [1.82, 2.24) is 10.6 Å². The van der Waals surface area contributed by atoms with Gasteiger partial charge in [-0.3, -0.25) is 9.59 Å². The number of hydrogen-bond acceptors (Lipinski definition) is 2. The second-order valence-electron chi connectivity index (χ2n) is 4.59. The van der Waals surface area contributed by atoms with Gasteiger partial charge in [-0.05, 0) is 32.1 Å². The highest BCUT2D eigenvalue weighted by molar-refractivity contribution is 6.08. The second-order valence-corrected chi connectivity index (χ2v) is 4.59. The van der Waals surface area contributed by atoms with Crippen molar-refractivity contribution in [2.75, 3.05) is 6.54 Å². The van der Waals surface area contributed by atoms with Crippen molar-refractivity contribution in [2.45, 2.75) is 45.1 Å². The zero-order valence-corrected chi connectivity index (χ0v) is 9.14. The highest BCUT2D eigenvalue weighted by Crippen LogP contribution is 2.46. The molecule has 2 rings (SSSR count). The lowest BCUT2D eigenvalue weighted by atomic mass is 10.1. The molecule has 84 valence electrons. The molecule has 15 heavy (non-hydrogen) atoms. The summed E-state index contributed by atoms with van der Waals surface area (Å²) in [6, 6.07) is 0.342. The predicted molar refractivity (Wildman–Crippen MR) is 56.1 cm³/mol. The molecule has 0 bridgehead atoms. The molecule has 0 aromatic rings. The number of nitrogens with one attached hydrogen (secondary N) is 2. The van der Waals surface area contributed by atoms with Crippen LogP contribution in [0.25, 0.3) is 0 Å². The quantitative estimate of drug-likeness (QED) is 0.652. The monoisotopic (exact) mass is 210 g/mol. The van der Waals surface area contributed by atoms with E-state index in [2.05, 4.69) is 10.6 Å². The molecule has 0 aliphatic heterocycles. The van der Waals surface area contributed by atoms with Gasteiger partial charge in [0.2, 0.25) is 11.8 Å². The van der Waals surface area contributed by atoms with Crippen LogP contribution >= 0.6 is 0 Å². The Balaban J connectivity index is 1.87. The maximum Gasteiger partial charge on any atom is 0.235 e. The first-order chi connectivity index (χ1) is 7.19. The molecule has 2 aliphatic rings. The van der Waals surface area contributed by atoms with Gasteiger partial charge in [0.25, 0.3) is 0 Å². The summed E-state index contributed by atoms with van der Waals surface area (Å²) in [5, 5.41) is 5.72. The molecule has 0 saturated heterocycles. The lowest BCUT2D eigenvalue weighted by Gasteiger charge is -2.14. The lowest BCUT2D eigenvalue weighted by molar-refractivity contribution is -0.137. The third-order valence-corrected chi connectivity index (χ3v) is 3.07. The normalized spacial score (nSPS) is 21.9. The predicted octanol–water partition coefficient (Wildman–Crippen LogP) is 0.571. The Kier molecular flexibility index (Phi) is 2.67. The van der Waals surface area contributed by atoms with Gasteiger partial charge < -0.3 is 10.6 Å². The van der Waals surface area contributed by atoms with Crippen LogP contribution in [0.4, 0.5) is 0 Å². The molecule has 0 heterocycles. The van der Waals surface area contributed by atoms with Gasteiger partial charge in [0.15, 0.2) is 0 Å². The van der Waals surface area contributed by atoms with Crippen LogP contribution in [0.15, 0.2) is 0 Å². The van der Waals surface area contributed by atoms with Gasteiger partial charge in [-0.25, -0.2) is 0 Å². The first-order valence-corrected chi connectivity index (χ1v) is 5.78. The zero-order valence-electron chi connectivity index (χ0n) is 9.14. The number of rotatable bonds is 5. The Morgan fingerprint density at radius 1 is 1.27 bits per heavy atom. The first-order valence-electron chi connectivity index (χ1n) is 5.78. The van der Waals surface area contributed by atoms with Crippen LogP contribution in [0.5, 0.6) is 0 Å². The molecule has 0 radical (unpaired) electrons. The van der Waals surface area contributed by atoms with E-state index in [1.54, 1.807) is 0 Å². The van der Waals surface area contributed by atoms with Crippen LogP contribution in [0, 0.1) is 5.41 Å². The molecular weight excluding hydrogens is 192 g/mol. The van der Waals surface area contributed by atoms with E-state index in [4.69, 9.17) is 0 Å². The highest BCUT2D eigenvalue weighted by atomic mass is 16.2. The third-order valence-electron chi connectivity index (χ3n) is 3.07. The summed E-state index contributed by atoms with van der Waals surface area (Å²) in [5.41, 5.74) is -0.711. The van der Waals surface area contributed by atoms with Crippen molar-refractivity contribution in [2.24, 2.45) is 5.41 Å². The summed E-state index contributed by atoms with van der Waals surface area (Å²) in [7, 11) is 0. The van der Waals surface area contributed by atoms with Gasteiger partial charge >= 0.3 is 0 Å². The van der Waals surface area contributed by atoms with Crippen molar-refractivity contribution in [3.05, 3.63) is 0 Å². The SMILES string of the molecule is CCCNC(=O)C1(C(=O)NC2CC2)CC1. The van der Waals surface area contributed by atoms with E-state index in [1.807, 2.05) is 6.92 Å². The van der Waals surface area contributed by atoms with Crippen molar-refractivity contribution in [1.29, 1.82) is 0 Å². The summed E-state index contributed by atoms with van der Waals surface area (Å²) in [5.74, 6) is -0.138. The topological polar surface area (TPSA) is 58.2 Å². The summed E-state index contributed by atoms with van der Waals surface area (Å²) in [4.78, 5) is 23.6. The fourth-order valence-corrected chi connectivity index (χ4v) is 1.64. The van der Waals surface area contributed by atoms with Crippen LogP contribution in [-0.4, -0.2) is 24.4 Å². The molecule has 0 aromatic heterocycles. The minimum atomic E-state index is -0.711. The first kappa shape index (κ1) is 10.5. The molecule has 0 spiro atoms. The molecule has 2 fully saturated rings. The van der Waals surface area contributed by atoms with Crippen LogP contribution in [0.3, 0.4) is 0 Å².